The van der Waals surface area contributed by atoms with Crippen LogP contribution in [0, 0.1) is 0 Å². The number of hydrogen-bond donors (Lipinski definition) is 2. The molecule has 21 heavy (non-hydrogen) atoms. The Kier molecular flexibility index (Phi) is 5.10. The largest absolute Gasteiger partial charge is 0.338 e. The highest BCUT2D eigenvalue weighted by molar-refractivity contribution is 7.89. The molecule has 9 heteroatoms. The fourth-order valence-electron chi connectivity index (χ4n) is 1.88. The maximum absolute atomic E-state index is 12.1. The summed E-state index contributed by atoms with van der Waals surface area (Å²) in [5.74, 6) is 0.830. The number of sulfonamides is 1. The number of rotatable bonds is 8. The van der Waals surface area contributed by atoms with Crippen LogP contribution in [0.15, 0.2) is 29.7 Å². The van der Waals surface area contributed by atoms with Gasteiger partial charge in [-0.3, -0.25) is 4.68 Å². The van der Waals surface area contributed by atoms with Crippen LogP contribution >= 0.6 is 0 Å². The lowest BCUT2D eigenvalue weighted by Crippen LogP contribution is -2.26. The molecule has 0 saturated carbocycles. The van der Waals surface area contributed by atoms with Gasteiger partial charge in [0.05, 0.1) is 6.20 Å². The summed E-state index contributed by atoms with van der Waals surface area (Å²) in [7, 11) is -1.66. The van der Waals surface area contributed by atoms with Gasteiger partial charge in [-0.05, 0) is 13.0 Å². The first-order valence-corrected chi connectivity index (χ1v) is 8.19. The van der Waals surface area contributed by atoms with Gasteiger partial charge < -0.3 is 10.3 Å². The predicted octanol–water partition coefficient (Wildman–Crippen LogP) is -0.514. The van der Waals surface area contributed by atoms with Crippen molar-refractivity contribution in [1.29, 1.82) is 0 Å². The van der Waals surface area contributed by atoms with Crippen molar-refractivity contribution >= 4 is 10.0 Å². The predicted molar refractivity (Wildman–Crippen MR) is 78.0 cm³/mol. The molecule has 2 rings (SSSR count). The van der Waals surface area contributed by atoms with Crippen molar-refractivity contribution in [3.05, 3.63) is 30.6 Å². The van der Waals surface area contributed by atoms with Gasteiger partial charge in [0.15, 0.2) is 0 Å². The molecule has 0 radical (unpaired) electrons. The van der Waals surface area contributed by atoms with Gasteiger partial charge >= 0.3 is 0 Å². The number of aromatic nitrogens is 4. The van der Waals surface area contributed by atoms with Gasteiger partial charge in [0.2, 0.25) is 10.0 Å². The molecular formula is C12H20N6O2S. The molecule has 0 aromatic carbocycles. The first-order valence-electron chi connectivity index (χ1n) is 6.71. The molecule has 0 amide bonds. The van der Waals surface area contributed by atoms with Crippen LogP contribution in [0.5, 0.6) is 0 Å². The molecule has 2 heterocycles. The van der Waals surface area contributed by atoms with Crippen molar-refractivity contribution in [1.82, 2.24) is 24.1 Å². The van der Waals surface area contributed by atoms with Gasteiger partial charge in [0, 0.05) is 45.1 Å². The normalized spacial score (nSPS) is 11.9. The standard InChI is InChI=1S/C12H20N6O2S/c1-17-8-6-14-12(17)3-5-16-21(19,20)11-9-15-18(10-11)7-2-4-13/h6,8-10,16H,2-5,7,13H2,1H3. The second-order valence-corrected chi connectivity index (χ2v) is 6.45. The summed E-state index contributed by atoms with van der Waals surface area (Å²) < 4.78 is 30.2. The third kappa shape index (κ3) is 4.13. The lowest BCUT2D eigenvalue weighted by Gasteiger charge is -2.05. The molecule has 0 bridgehead atoms. The molecule has 0 aliphatic rings. The maximum atomic E-state index is 12.1. The summed E-state index contributed by atoms with van der Waals surface area (Å²) in [5.41, 5.74) is 5.41. The van der Waals surface area contributed by atoms with Gasteiger partial charge in [-0.1, -0.05) is 0 Å². The van der Waals surface area contributed by atoms with Gasteiger partial charge in [-0.15, -0.1) is 0 Å². The molecule has 0 aliphatic heterocycles. The van der Waals surface area contributed by atoms with Crippen LogP contribution in [-0.2, 0) is 30.0 Å². The molecule has 2 aromatic heterocycles. The number of imidazole rings is 1. The van der Waals surface area contributed by atoms with Gasteiger partial charge in [0.25, 0.3) is 0 Å². The summed E-state index contributed by atoms with van der Waals surface area (Å²) in [5, 5.41) is 4.02. The average molecular weight is 312 g/mol. The van der Waals surface area contributed by atoms with Crippen LogP contribution in [0.25, 0.3) is 0 Å². The molecule has 116 valence electrons. The first kappa shape index (κ1) is 15.7. The minimum atomic E-state index is -3.53. The Morgan fingerprint density at radius 3 is 2.90 bits per heavy atom. The van der Waals surface area contributed by atoms with Gasteiger partial charge in [-0.2, -0.15) is 5.10 Å². The molecular weight excluding hydrogens is 292 g/mol. The summed E-state index contributed by atoms with van der Waals surface area (Å²) in [4.78, 5) is 4.31. The second kappa shape index (κ2) is 6.83. The molecule has 3 N–H and O–H groups in total. The molecule has 0 atom stereocenters. The first-order chi connectivity index (χ1) is 10.0. The zero-order valence-corrected chi connectivity index (χ0v) is 12.8. The number of nitrogens with zero attached hydrogens (tertiary/aromatic N) is 4. The highest BCUT2D eigenvalue weighted by Crippen LogP contribution is 2.07. The third-order valence-corrected chi connectivity index (χ3v) is 4.49. The molecule has 8 nitrogen and oxygen atoms in total. The lowest BCUT2D eigenvalue weighted by atomic mass is 10.4. The minimum Gasteiger partial charge on any atom is -0.338 e. The SMILES string of the molecule is Cn1ccnc1CCNS(=O)(=O)c1cnn(CCCN)c1. The van der Waals surface area contributed by atoms with Crippen LogP contribution in [0.1, 0.15) is 12.2 Å². The van der Waals surface area contributed by atoms with Gasteiger partial charge in [-0.25, -0.2) is 18.1 Å². The fraction of sp³-hybridized carbons (Fsp3) is 0.500. The molecule has 2 aromatic rings. The van der Waals surface area contributed by atoms with Crippen LogP contribution in [-0.4, -0.2) is 40.8 Å². The van der Waals surface area contributed by atoms with Crippen molar-refractivity contribution in [3.8, 4) is 0 Å². The van der Waals surface area contributed by atoms with Crippen LogP contribution in [0.3, 0.4) is 0 Å². The number of nitrogens with one attached hydrogen (secondary N) is 1. The van der Waals surface area contributed by atoms with Crippen LogP contribution < -0.4 is 10.5 Å². The number of aryl methyl sites for hydroxylation is 2. The van der Waals surface area contributed by atoms with E-state index in [-0.39, 0.29) is 4.90 Å². The lowest BCUT2D eigenvalue weighted by molar-refractivity contribution is 0.575. The maximum Gasteiger partial charge on any atom is 0.243 e. The van der Waals surface area contributed by atoms with Crippen molar-refractivity contribution < 1.29 is 8.42 Å². The Bertz CT molecular complexity index is 675. The van der Waals surface area contributed by atoms with Crippen molar-refractivity contribution in [3.63, 3.8) is 0 Å². The molecule has 0 saturated heterocycles. The quantitative estimate of drug-likeness (QED) is 0.682. The Morgan fingerprint density at radius 2 is 2.24 bits per heavy atom. The molecule has 0 aliphatic carbocycles. The van der Waals surface area contributed by atoms with Crippen molar-refractivity contribution in [2.75, 3.05) is 13.1 Å². The summed E-state index contributed by atoms with van der Waals surface area (Å²) in [6.45, 7) is 1.45. The molecule has 0 fully saturated rings. The van der Waals surface area contributed by atoms with Crippen LogP contribution in [0.2, 0.25) is 0 Å². The number of nitrogens with two attached hydrogens (primary N) is 1. The van der Waals surface area contributed by atoms with Crippen molar-refractivity contribution in [2.45, 2.75) is 24.3 Å². The Hall–Kier alpha value is -1.71. The highest BCUT2D eigenvalue weighted by atomic mass is 32.2. The van der Waals surface area contributed by atoms with Crippen molar-refractivity contribution in [2.24, 2.45) is 12.8 Å². The zero-order valence-electron chi connectivity index (χ0n) is 11.9. The Labute approximate surface area is 124 Å². The van der Waals surface area contributed by atoms with E-state index in [1.165, 1.54) is 12.4 Å². The molecule has 0 unspecified atom stereocenters. The monoisotopic (exact) mass is 312 g/mol. The van der Waals surface area contributed by atoms with E-state index in [9.17, 15) is 8.42 Å². The van der Waals surface area contributed by atoms with Crippen LogP contribution in [0.4, 0.5) is 0 Å². The smallest absolute Gasteiger partial charge is 0.243 e. The Balaban J connectivity index is 1.92. The summed E-state index contributed by atoms with van der Waals surface area (Å²) >= 11 is 0. The van der Waals surface area contributed by atoms with Gasteiger partial charge in [0.1, 0.15) is 10.7 Å². The molecule has 0 spiro atoms. The van der Waals surface area contributed by atoms with E-state index in [0.717, 1.165) is 12.2 Å². The topological polar surface area (TPSA) is 108 Å². The van der Waals surface area contributed by atoms with E-state index in [4.69, 9.17) is 5.73 Å². The van der Waals surface area contributed by atoms with E-state index in [0.29, 0.717) is 26.1 Å². The summed E-state index contributed by atoms with van der Waals surface area (Å²) in [6, 6.07) is 0. The zero-order chi connectivity index (χ0) is 15.3. The third-order valence-electron chi connectivity index (χ3n) is 3.07. The van der Waals surface area contributed by atoms with E-state index in [1.54, 1.807) is 10.9 Å². The minimum absolute atomic E-state index is 0.166. The second-order valence-electron chi connectivity index (χ2n) is 4.68. The van der Waals surface area contributed by atoms with E-state index < -0.39 is 10.0 Å². The van der Waals surface area contributed by atoms with E-state index in [2.05, 4.69) is 14.8 Å². The fourth-order valence-corrected chi connectivity index (χ4v) is 2.86. The average Bonchev–Trinajstić information content (AvgIpc) is 3.06. The van der Waals surface area contributed by atoms with E-state index >= 15 is 0 Å². The van der Waals surface area contributed by atoms with E-state index in [1.807, 2.05) is 17.8 Å². The summed E-state index contributed by atoms with van der Waals surface area (Å²) in [6.07, 6.45) is 7.66. The Morgan fingerprint density at radius 1 is 1.43 bits per heavy atom. The highest BCUT2D eigenvalue weighted by Gasteiger charge is 2.16. The number of hydrogen-bond acceptors (Lipinski definition) is 5.